The molecule has 0 bridgehead atoms. The normalized spacial score (nSPS) is 32.7. The number of allylic oxidation sites excluding steroid dienone is 1. The molecule has 5 rings (SSSR count). The van der Waals surface area contributed by atoms with Crippen LogP contribution in [0.4, 0.5) is 0 Å². The third-order valence-electron chi connectivity index (χ3n) is 8.32. The van der Waals surface area contributed by atoms with Crippen LogP contribution < -0.4 is 0 Å². The Morgan fingerprint density at radius 1 is 1.13 bits per heavy atom. The maximum atomic E-state index is 14.4. The molecule has 2 fully saturated rings. The van der Waals surface area contributed by atoms with Crippen molar-refractivity contribution in [1.82, 2.24) is 9.80 Å². The van der Waals surface area contributed by atoms with Gasteiger partial charge in [-0.25, -0.2) is 0 Å². The van der Waals surface area contributed by atoms with Gasteiger partial charge in [0.15, 0.2) is 0 Å². The van der Waals surface area contributed by atoms with Gasteiger partial charge in [0, 0.05) is 18.3 Å². The number of fused-ring (bicyclic) bond motifs is 2. The Morgan fingerprint density at radius 3 is 2.71 bits per heavy atom. The van der Waals surface area contributed by atoms with Crippen molar-refractivity contribution < 1.29 is 24.2 Å². The molecular formula is C30H38N2O5S. The van der Waals surface area contributed by atoms with E-state index in [1.807, 2.05) is 47.4 Å². The summed E-state index contributed by atoms with van der Waals surface area (Å²) < 4.78 is 4.79. The number of carbonyl (C=O) groups is 3. The van der Waals surface area contributed by atoms with Crippen LogP contribution in [0.1, 0.15) is 44.6 Å². The zero-order valence-corrected chi connectivity index (χ0v) is 22.9. The van der Waals surface area contributed by atoms with E-state index in [4.69, 9.17) is 4.74 Å². The second-order valence-electron chi connectivity index (χ2n) is 10.7. The first-order chi connectivity index (χ1) is 18.5. The molecule has 38 heavy (non-hydrogen) atoms. The highest BCUT2D eigenvalue weighted by Gasteiger charge is 2.71. The summed E-state index contributed by atoms with van der Waals surface area (Å²) in [6.45, 7) is 3.25. The molecule has 1 aromatic rings. The second kappa shape index (κ2) is 11.7. The number of likely N-dealkylation sites (tertiary alicyclic amines) is 1. The summed E-state index contributed by atoms with van der Waals surface area (Å²) in [5.74, 6) is -2.09. The number of thioether (sulfide) groups is 1. The summed E-state index contributed by atoms with van der Waals surface area (Å²) >= 11 is 1.56. The molecule has 2 amide bonds. The first-order valence-corrected chi connectivity index (χ1v) is 14.8. The molecule has 1 aromatic carbocycles. The van der Waals surface area contributed by atoms with Crippen LogP contribution in [0, 0.1) is 11.8 Å². The van der Waals surface area contributed by atoms with Crippen LogP contribution in [0.25, 0.3) is 0 Å². The van der Waals surface area contributed by atoms with Gasteiger partial charge in [-0.2, -0.15) is 0 Å². The standard InChI is InChI=1S/C30H38N2O5S/c1-2-3-16-31-17-11-15-30-25(24-23(38-30)14-9-4-5-10-18-37-29(24)36)27(34)32(26(30)28(31)35)22(20-33)19-21-12-7-6-8-13-21/h6-9,11-15,22-26,33H,2-5,10,16-20H2,1H3/b14-9-/t22-,23-,24+,25+,26?,30+/m1/s1. The molecule has 8 heteroatoms. The number of cyclic esters (lactones) is 1. The molecule has 1 N–H and O–H groups in total. The van der Waals surface area contributed by atoms with Crippen LogP contribution in [-0.2, 0) is 25.5 Å². The number of unbranched alkanes of at least 4 members (excludes halogenated alkanes) is 1. The van der Waals surface area contributed by atoms with Crippen LogP contribution >= 0.6 is 11.8 Å². The first-order valence-electron chi connectivity index (χ1n) is 14.0. The number of hydrogen-bond acceptors (Lipinski definition) is 6. The third-order valence-corrected chi connectivity index (χ3v) is 10.1. The molecule has 204 valence electrons. The van der Waals surface area contributed by atoms with E-state index < -0.39 is 28.7 Å². The molecule has 0 radical (unpaired) electrons. The Kier molecular flexibility index (Phi) is 8.29. The Hall–Kier alpha value is -2.58. The van der Waals surface area contributed by atoms with E-state index >= 15 is 0 Å². The van der Waals surface area contributed by atoms with Gasteiger partial charge < -0.3 is 19.6 Å². The lowest BCUT2D eigenvalue weighted by molar-refractivity contribution is -0.153. The van der Waals surface area contributed by atoms with Crippen LogP contribution in [0.3, 0.4) is 0 Å². The Labute approximate surface area is 229 Å². The van der Waals surface area contributed by atoms with E-state index in [-0.39, 0.29) is 29.6 Å². The highest BCUT2D eigenvalue weighted by atomic mass is 32.2. The molecule has 1 unspecified atom stereocenters. The van der Waals surface area contributed by atoms with Gasteiger partial charge in [0.25, 0.3) is 0 Å². The Bertz CT molecular complexity index is 1090. The van der Waals surface area contributed by atoms with Crippen molar-refractivity contribution in [2.75, 3.05) is 26.3 Å². The summed E-state index contributed by atoms with van der Waals surface area (Å²) in [7, 11) is 0. The summed E-state index contributed by atoms with van der Waals surface area (Å²) in [4.78, 5) is 45.7. The van der Waals surface area contributed by atoms with Crippen molar-refractivity contribution in [3.63, 3.8) is 0 Å². The summed E-state index contributed by atoms with van der Waals surface area (Å²) in [6.07, 6.45) is 13.1. The van der Waals surface area contributed by atoms with Gasteiger partial charge in [-0.3, -0.25) is 14.4 Å². The molecule has 6 atom stereocenters. The van der Waals surface area contributed by atoms with Crippen LogP contribution in [0.5, 0.6) is 0 Å². The van der Waals surface area contributed by atoms with Crippen LogP contribution in [0.15, 0.2) is 54.6 Å². The van der Waals surface area contributed by atoms with Gasteiger partial charge in [0.2, 0.25) is 11.8 Å². The number of aliphatic hydroxyl groups is 1. The van der Waals surface area contributed by atoms with E-state index in [2.05, 4.69) is 19.1 Å². The van der Waals surface area contributed by atoms with Crippen molar-refractivity contribution in [2.24, 2.45) is 11.8 Å². The minimum absolute atomic E-state index is 0.0978. The van der Waals surface area contributed by atoms with Gasteiger partial charge in [0.05, 0.1) is 35.8 Å². The molecular weight excluding hydrogens is 500 g/mol. The van der Waals surface area contributed by atoms with E-state index in [0.717, 1.165) is 37.7 Å². The predicted molar refractivity (Wildman–Crippen MR) is 147 cm³/mol. The average Bonchev–Trinajstić information content (AvgIpc) is 3.32. The quantitative estimate of drug-likeness (QED) is 0.423. The summed E-state index contributed by atoms with van der Waals surface area (Å²) in [5.41, 5.74) is 0.983. The van der Waals surface area contributed by atoms with Gasteiger partial charge >= 0.3 is 5.97 Å². The minimum atomic E-state index is -0.897. The number of nitrogens with zero attached hydrogens (tertiary/aromatic N) is 2. The lowest BCUT2D eigenvalue weighted by Crippen LogP contribution is -2.57. The van der Waals surface area contributed by atoms with Crippen molar-refractivity contribution in [2.45, 2.75) is 67.5 Å². The SMILES string of the molecule is CCCCN1CC=C[C@]23S[C@@H]4/C=C\CCCCOC(=O)[C@@H]4[C@H]2C(=O)N([C@@H](CO)Cc2ccccc2)C3C1=O. The number of rotatable bonds is 7. The average molecular weight is 539 g/mol. The molecule has 1 spiro atoms. The lowest BCUT2D eigenvalue weighted by Gasteiger charge is -2.38. The third kappa shape index (κ3) is 4.81. The molecule has 4 aliphatic rings. The number of esters is 1. The van der Waals surface area contributed by atoms with Gasteiger partial charge in [-0.15, -0.1) is 11.8 Å². The van der Waals surface area contributed by atoms with Gasteiger partial charge in [-0.1, -0.05) is 68.0 Å². The lowest BCUT2D eigenvalue weighted by atomic mass is 9.78. The zero-order valence-electron chi connectivity index (χ0n) is 22.0. The molecule has 0 aromatic heterocycles. The van der Waals surface area contributed by atoms with Gasteiger partial charge in [-0.05, 0) is 37.7 Å². The summed E-state index contributed by atoms with van der Waals surface area (Å²) in [5, 5.41) is 10.3. The highest BCUT2D eigenvalue weighted by molar-refractivity contribution is 8.02. The maximum absolute atomic E-state index is 14.4. The van der Waals surface area contributed by atoms with Crippen molar-refractivity contribution in [3.8, 4) is 0 Å². The first kappa shape index (κ1) is 27.0. The highest BCUT2D eigenvalue weighted by Crippen LogP contribution is 2.61. The molecule has 4 aliphatic heterocycles. The monoisotopic (exact) mass is 538 g/mol. The number of amides is 2. The fraction of sp³-hybridized carbons (Fsp3) is 0.567. The smallest absolute Gasteiger partial charge is 0.311 e. The van der Waals surface area contributed by atoms with E-state index in [9.17, 15) is 19.5 Å². The fourth-order valence-electron chi connectivity index (χ4n) is 6.48. The Morgan fingerprint density at radius 2 is 1.95 bits per heavy atom. The second-order valence-corrected chi connectivity index (χ2v) is 12.2. The summed E-state index contributed by atoms with van der Waals surface area (Å²) in [6, 6.07) is 8.36. The van der Waals surface area contributed by atoms with Crippen LogP contribution in [0.2, 0.25) is 0 Å². The topological polar surface area (TPSA) is 87.2 Å². The molecule has 2 saturated heterocycles. The largest absolute Gasteiger partial charge is 0.465 e. The number of ether oxygens (including phenoxy) is 1. The van der Waals surface area contributed by atoms with Crippen LogP contribution in [-0.4, -0.2) is 81.1 Å². The number of carbonyl (C=O) groups excluding carboxylic acids is 3. The maximum Gasteiger partial charge on any atom is 0.311 e. The number of aliphatic hydroxyl groups excluding tert-OH is 1. The molecule has 0 aliphatic carbocycles. The van der Waals surface area contributed by atoms with E-state index in [1.165, 1.54) is 0 Å². The minimum Gasteiger partial charge on any atom is -0.465 e. The zero-order chi connectivity index (χ0) is 26.7. The Balaban J connectivity index is 1.59. The molecule has 4 heterocycles. The number of benzene rings is 1. The molecule has 7 nitrogen and oxygen atoms in total. The van der Waals surface area contributed by atoms with E-state index in [0.29, 0.717) is 26.1 Å². The van der Waals surface area contributed by atoms with Crippen molar-refractivity contribution in [3.05, 3.63) is 60.2 Å². The van der Waals surface area contributed by atoms with Gasteiger partial charge in [0.1, 0.15) is 6.04 Å². The predicted octanol–water partition coefficient (Wildman–Crippen LogP) is 3.37. The van der Waals surface area contributed by atoms with Crippen molar-refractivity contribution in [1.29, 1.82) is 0 Å². The van der Waals surface area contributed by atoms with Crippen molar-refractivity contribution >= 4 is 29.5 Å². The fourth-order valence-corrected chi connectivity index (χ4v) is 8.47. The molecule has 0 saturated carbocycles. The number of hydrogen-bond donors (Lipinski definition) is 1. The van der Waals surface area contributed by atoms with E-state index in [1.54, 1.807) is 16.7 Å².